The van der Waals surface area contributed by atoms with Crippen LogP contribution in [0.3, 0.4) is 0 Å². The Morgan fingerprint density at radius 1 is 1.24 bits per heavy atom. The van der Waals surface area contributed by atoms with E-state index in [1.54, 1.807) is 38.2 Å². The second-order valence-corrected chi connectivity index (χ2v) is 3.92. The molecule has 0 aliphatic rings. The number of carbonyl (C=O) groups excluding carboxylic acids is 1. The van der Waals surface area contributed by atoms with Crippen LogP contribution in [0.5, 0.6) is 0 Å². The van der Waals surface area contributed by atoms with E-state index in [1.165, 1.54) is 17.0 Å². The number of likely N-dealkylation sites (N-methyl/N-ethyl adjacent to an activating group) is 2. The standard InChI is InChI=1S/C11H15N3O3/c1-12(2)11(15)8-13(3)9-4-6-10(7-5-9)14(16)17/h4-7H,8H2,1-3H3. The van der Waals surface area contributed by atoms with Crippen molar-refractivity contribution in [3.8, 4) is 0 Å². The quantitative estimate of drug-likeness (QED) is 0.581. The smallest absolute Gasteiger partial charge is 0.269 e. The fourth-order valence-electron chi connectivity index (χ4n) is 1.26. The number of benzene rings is 1. The van der Waals surface area contributed by atoms with E-state index in [2.05, 4.69) is 0 Å². The van der Waals surface area contributed by atoms with E-state index in [1.807, 2.05) is 0 Å². The Bertz CT molecular complexity index is 414. The summed E-state index contributed by atoms with van der Waals surface area (Å²) in [5, 5.41) is 10.5. The topological polar surface area (TPSA) is 66.7 Å². The minimum atomic E-state index is -0.450. The summed E-state index contributed by atoms with van der Waals surface area (Å²) >= 11 is 0. The zero-order chi connectivity index (χ0) is 13.0. The van der Waals surface area contributed by atoms with E-state index in [-0.39, 0.29) is 18.1 Å². The number of nitrogens with zero attached hydrogens (tertiary/aromatic N) is 3. The second-order valence-electron chi connectivity index (χ2n) is 3.92. The van der Waals surface area contributed by atoms with E-state index in [0.717, 1.165) is 5.69 Å². The van der Waals surface area contributed by atoms with Crippen LogP contribution in [-0.4, -0.2) is 43.4 Å². The van der Waals surface area contributed by atoms with Gasteiger partial charge in [0.05, 0.1) is 11.5 Å². The molecule has 0 radical (unpaired) electrons. The summed E-state index contributed by atoms with van der Waals surface area (Å²) in [5.74, 6) is -0.0224. The zero-order valence-corrected chi connectivity index (χ0v) is 10.1. The maximum Gasteiger partial charge on any atom is 0.269 e. The van der Waals surface area contributed by atoms with Crippen LogP contribution < -0.4 is 4.90 Å². The van der Waals surface area contributed by atoms with Crippen LogP contribution in [0.1, 0.15) is 0 Å². The highest BCUT2D eigenvalue weighted by molar-refractivity contribution is 5.80. The van der Waals surface area contributed by atoms with Gasteiger partial charge in [0.15, 0.2) is 0 Å². The van der Waals surface area contributed by atoms with Gasteiger partial charge < -0.3 is 9.80 Å². The van der Waals surface area contributed by atoms with Crippen molar-refractivity contribution in [3.63, 3.8) is 0 Å². The Morgan fingerprint density at radius 3 is 2.18 bits per heavy atom. The van der Waals surface area contributed by atoms with Crippen molar-refractivity contribution in [3.05, 3.63) is 34.4 Å². The molecule has 17 heavy (non-hydrogen) atoms. The monoisotopic (exact) mass is 237 g/mol. The van der Waals surface area contributed by atoms with Crippen LogP contribution in [0.15, 0.2) is 24.3 Å². The van der Waals surface area contributed by atoms with Gasteiger partial charge in [-0.1, -0.05) is 0 Å². The third-order valence-corrected chi connectivity index (χ3v) is 2.37. The van der Waals surface area contributed by atoms with E-state index in [0.29, 0.717) is 0 Å². The second kappa shape index (κ2) is 5.29. The van der Waals surface area contributed by atoms with Crippen molar-refractivity contribution in [2.24, 2.45) is 0 Å². The van der Waals surface area contributed by atoms with Gasteiger partial charge in [0.25, 0.3) is 5.69 Å². The van der Waals surface area contributed by atoms with Gasteiger partial charge in [0.2, 0.25) is 5.91 Å². The Morgan fingerprint density at radius 2 is 1.76 bits per heavy atom. The molecule has 0 unspecified atom stereocenters. The first-order valence-electron chi connectivity index (χ1n) is 5.07. The highest BCUT2D eigenvalue weighted by Crippen LogP contribution is 2.18. The summed E-state index contributed by atoms with van der Waals surface area (Å²) < 4.78 is 0. The maximum absolute atomic E-state index is 11.5. The number of hydrogen-bond acceptors (Lipinski definition) is 4. The summed E-state index contributed by atoms with van der Waals surface area (Å²) in [6.07, 6.45) is 0. The largest absolute Gasteiger partial charge is 0.365 e. The fraction of sp³-hybridized carbons (Fsp3) is 0.364. The molecule has 0 atom stereocenters. The summed E-state index contributed by atoms with van der Waals surface area (Å²) in [6, 6.07) is 6.10. The first-order chi connectivity index (χ1) is 7.91. The summed E-state index contributed by atoms with van der Waals surface area (Å²) in [7, 11) is 5.14. The van der Waals surface area contributed by atoms with Crippen molar-refractivity contribution >= 4 is 17.3 Å². The summed E-state index contributed by atoms with van der Waals surface area (Å²) in [6.45, 7) is 0.241. The molecule has 0 saturated heterocycles. The Hall–Kier alpha value is -2.11. The van der Waals surface area contributed by atoms with Crippen LogP contribution in [0.4, 0.5) is 11.4 Å². The lowest BCUT2D eigenvalue weighted by atomic mass is 10.2. The first-order valence-corrected chi connectivity index (χ1v) is 5.07. The Kier molecular flexibility index (Phi) is 4.03. The average Bonchev–Trinajstić information content (AvgIpc) is 2.28. The molecule has 1 aromatic rings. The molecule has 0 aliphatic heterocycles. The van der Waals surface area contributed by atoms with Crippen molar-refractivity contribution < 1.29 is 9.72 Å². The number of anilines is 1. The third kappa shape index (κ3) is 3.44. The molecule has 0 aliphatic carbocycles. The van der Waals surface area contributed by atoms with Gasteiger partial charge in [-0.2, -0.15) is 0 Å². The molecule has 92 valence electrons. The molecular weight excluding hydrogens is 222 g/mol. The van der Waals surface area contributed by atoms with Crippen LogP contribution in [0.2, 0.25) is 0 Å². The van der Waals surface area contributed by atoms with Crippen LogP contribution in [0.25, 0.3) is 0 Å². The summed E-state index contributed by atoms with van der Waals surface area (Å²) in [4.78, 5) is 24.8. The lowest BCUT2D eigenvalue weighted by Gasteiger charge is -2.20. The van der Waals surface area contributed by atoms with Crippen LogP contribution in [0, 0.1) is 10.1 Å². The number of hydrogen-bond donors (Lipinski definition) is 0. The molecule has 6 nitrogen and oxygen atoms in total. The molecule has 0 saturated carbocycles. The predicted octanol–water partition coefficient (Wildman–Crippen LogP) is 1.12. The lowest BCUT2D eigenvalue weighted by Crippen LogP contribution is -2.34. The molecule has 1 rings (SSSR count). The van der Waals surface area contributed by atoms with E-state index in [4.69, 9.17) is 0 Å². The molecule has 0 spiro atoms. The van der Waals surface area contributed by atoms with Crippen LogP contribution in [-0.2, 0) is 4.79 Å². The number of carbonyl (C=O) groups is 1. The molecule has 0 N–H and O–H groups in total. The highest BCUT2D eigenvalue weighted by atomic mass is 16.6. The van der Waals surface area contributed by atoms with Crippen LogP contribution >= 0.6 is 0 Å². The highest BCUT2D eigenvalue weighted by Gasteiger charge is 2.10. The van der Waals surface area contributed by atoms with Crippen molar-refractivity contribution in [2.75, 3.05) is 32.6 Å². The van der Waals surface area contributed by atoms with E-state index >= 15 is 0 Å². The Balaban J connectivity index is 2.73. The fourth-order valence-corrected chi connectivity index (χ4v) is 1.26. The molecule has 0 fully saturated rings. The van der Waals surface area contributed by atoms with Gasteiger partial charge in [-0.25, -0.2) is 0 Å². The predicted molar refractivity (Wildman–Crippen MR) is 65.1 cm³/mol. The number of nitro benzene ring substituents is 1. The molecule has 6 heteroatoms. The van der Waals surface area contributed by atoms with Gasteiger partial charge in [-0.3, -0.25) is 14.9 Å². The average molecular weight is 237 g/mol. The number of nitro groups is 1. The third-order valence-electron chi connectivity index (χ3n) is 2.37. The van der Waals surface area contributed by atoms with Crippen molar-refractivity contribution in [1.82, 2.24) is 4.90 Å². The molecule has 1 amide bonds. The van der Waals surface area contributed by atoms with Gasteiger partial charge >= 0.3 is 0 Å². The first kappa shape index (κ1) is 13.0. The lowest BCUT2D eigenvalue weighted by molar-refractivity contribution is -0.384. The normalized spacial score (nSPS) is 9.82. The molecule has 1 aromatic carbocycles. The Labute approximate surface area is 99.6 Å². The maximum atomic E-state index is 11.5. The number of amides is 1. The minimum Gasteiger partial charge on any atom is -0.365 e. The van der Waals surface area contributed by atoms with Gasteiger partial charge in [0.1, 0.15) is 0 Å². The van der Waals surface area contributed by atoms with E-state index in [9.17, 15) is 14.9 Å². The van der Waals surface area contributed by atoms with Gasteiger partial charge in [-0.15, -0.1) is 0 Å². The van der Waals surface area contributed by atoms with Gasteiger partial charge in [0, 0.05) is 39.0 Å². The number of rotatable bonds is 4. The molecule has 0 bridgehead atoms. The summed E-state index contributed by atoms with van der Waals surface area (Å²) in [5.41, 5.74) is 0.812. The number of non-ortho nitro benzene ring substituents is 1. The SMILES string of the molecule is CN(C)C(=O)CN(C)c1ccc([N+](=O)[O-])cc1. The van der Waals surface area contributed by atoms with Gasteiger partial charge in [-0.05, 0) is 12.1 Å². The van der Waals surface area contributed by atoms with E-state index < -0.39 is 4.92 Å². The minimum absolute atomic E-state index is 0.0224. The van der Waals surface area contributed by atoms with Crippen molar-refractivity contribution in [1.29, 1.82) is 0 Å². The molecule has 0 heterocycles. The molecular formula is C11H15N3O3. The zero-order valence-electron chi connectivity index (χ0n) is 10.1. The molecule has 0 aromatic heterocycles. The van der Waals surface area contributed by atoms with Crippen molar-refractivity contribution in [2.45, 2.75) is 0 Å².